The van der Waals surface area contributed by atoms with Crippen molar-refractivity contribution in [2.45, 2.75) is 4.90 Å². The zero-order valence-corrected chi connectivity index (χ0v) is 14.7. The molecule has 0 atom stereocenters. The smallest absolute Gasteiger partial charge is 0.355 e. The highest BCUT2D eigenvalue weighted by Gasteiger charge is 2.31. The van der Waals surface area contributed by atoms with Gasteiger partial charge in [-0.15, -0.1) is 0 Å². The summed E-state index contributed by atoms with van der Waals surface area (Å²) in [5.41, 5.74) is -0.558. The fraction of sp³-hybridized carbons (Fsp3) is 0.0714. The largest absolute Gasteiger partial charge is 0.464 e. The molecule has 2 aromatic rings. The van der Waals surface area contributed by atoms with Gasteiger partial charge in [-0.05, 0) is 23.8 Å². The number of aromatic nitrogens is 1. The van der Waals surface area contributed by atoms with Crippen molar-refractivity contribution < 1.29 is 22.9 Å². The molecule has 1 heterocycles. The molecule has 0 fully saturated rings. The molecule has 0 bridgehead atoms. The molecule has 0 aliphatic heterocycles. The molecule has 0 amide bonds. The molecule has 1 aromatic carbocycles. The predicted molar refractivity (Wildman–Crippen MR) is 89.2 cm³/mol. The molecule has 1 aromatic heterocycles. The van der Waals surface area contributed by atoms with Gasteiger partial charge in [-0.25, -0.2) is 17.2 Å². The van der Waals surface area contributed by atoms with E-state index in [2.05, 4.69) is 27.2 Å². The molecule has 2 rings (SSSR count). The number of nitrogens with zero attached hydrogens (tertiary/aromatic N) is 2. The van der Waals surface area contributed by atoms with Crippen LogP contribution >= 0.6 is 15.9 Å². The standard InChI is InChI=1S/C14H11BrN2O6S/c1-3-9-6-12(14(18)23-2)16(8-9)24(21,22)13-5-4-10(15)7-11(13)17(19)20/h3-8H,1H2,2H3. The second-order valence-electron chi connectivity index (χ2n) is 4.52. The number of esters is 1. The van der Waals surface area contributed by atoms with E-state index >= 15 is 0 Å². The molecule has 126 valence electrons. The van der Waals surface area contributed by atoms with Crippen LogP contribution in [0.4, 0.5) is 5.69 Å². The summed E-state index contributed by atoms with van der Waals surface area (Å²) >= 11 is 3.06. The van der Waals surface area contributed by atoms with Gasteiger partial charge in [0, 0.05) is 16.7 Å². The summed E-state index contributed by atoms with van der Waals surface area (Å²) in [6.07, 6.45) is 2.48. The number of nitro benzene ring substituents is 1. The van der Waals surface area contributed by atoms with Gasteiger partial charge >= 0.3 is 5.97 Å². The molecule has 24 heavy (non-hydrogen) atoms. The Balaban J connectivity index is 2.77. The number of halogens is 1. The normalized spacial score (nSPS) is 11.1. The second-order valence-corrected chi connectivity index (χ2v) is 7.22. The third kappa shape index (κ3) is 3.10. The zero-order chi connectivity index (χ0) is 18.1. The monoisotopic (exact) mass is 414 g/mol. The Kier molecular flexibility index (Phi) is 4.90. The van der Waals surface area contributed by atoms with Gasteiger partial charge in [0.25, 0.3) is 15.7 Å². The molecule has 0 saturated heterocycles. The number of hydrogen-bond donors (Lipinski definition) is 0. The Hall–Kier alpha value is -2.46. The molecule has 0 unspecified atom stereocenters. The highest BCUT2D eigenvalue weighted by molar-refractivity contribution is 9.10. The van der Waals surface area contributed by atoms with Crippen LogP contribution in [0.25, 0.3) is 6.08 Å². The van der Waals surface area contributed by atoms with Crippen molar-refractivity contribution in [3.63, 3.8) is 0 Å². The van der Waals surface area contributed by atoms with E-state index in [-0.39, 0.29) is 5.69 Å². The van der Waals surface area contributed by atoms with Crippen molar-refractivity contribution in [3.05, 3.63) is 62.9 Å². The van der Waals surface area contributed by atoms with Crippen molar-refractivity contribution in [1.29, 1.82) is 0 Å². The van der Waals surface area contributed by atoms with Gasteiger partial charge in [-0.3, -0.25) is 10.1 Å². The van der Waals surface area contributed by atoms with Crippen LogP contribution in [0, 0.1) is 10.1 Å². The van der Waals surface area contributed by atoms with Gasteiger partial charge in [0.15, 0.2) is 4.90 Å². The van der Waals surface area contributed by atoms with E-state index in [4.69, 9.17) is 0 Å². The minimum atomic E-state index is -4.40. The van der Waals surface area contributed by atoms with Crippen LogP contribution < -0.4 is 0 Å². The lowest BCUT2D eigenvalue weighted by atomic mass is 10.3. The van der Waals surface area contributed by atoms with Gasteiger partial charge in [-0.2, -0.15) is 0 Å². The van der Waals surface area contributed by atoms with Crippen molar-refractivity contribution in [2.75, 3.05) is 7.11 Å². The fourth-order valence-electron chi connectivity index (χ4n) is 1.98. The van der Waals surface area contributed by atoms with Crippen LogP contribution in [0.3, 0.4) is 0 Å². The third-order valence-electron chi connectivity index (χ3n) is 3.09. The van der Waals surface area contributed by atoms with E-state index in [0.717, 1.165) is 25.4 Å². The van der Waals surface area contributed by atoms with Crippen LogP contribution in [0.1, 0.15) is 16.1 Å². The van der Waals surface area contributed by atoms with Crippen molar-refractivity contribution in [1.82, 2.24) is 3.97 Å². The number of carbonyl (C=O) groups excluding carboxylic acids is 1. The number of methoxy groups -OCH3 is 1. The van der Waals surface area contributed by atoms with E-state index in [1.807, 2.05) is 0 Å². The van der Waals surface area contributed by atoms with Crippen molar-refractivity contribution in [2.24, 2.45) is 0 Å². The Morgan fingerprint density at radius 1 is 1.42 bits per heavy atom. The van der Waals surface area contributed by atoms with Crippen LogP contribution in [0.15, 0.2) is 46.4 Å². The summed E-state index contributed by atoms with van der Waals surface area (Å²) in [4.78, 5) is 21.7. The molecule has 0 aliphatic carbocycles. The summed E-state index contributed by atoms with van der Waals surface area (Å²) < 4.78 is 31.2. The number of ether oxygens (including phenoxy) is 1. The van der Waals surface area contributed by atoms with Crippen LogP contribution in [-0.4, -0.2) is 30.4 Å². The third-order valence-corrected chi connectivity index (χ3v) is 5.31. The molecule has 0 radical (unpaired) electrons. The molecular formula is C14H11BrN2O6S. The van der Waals surface area contributed by atoms with Crippen LogP contribution in [0.2, 0.25) is 0 Å². The molecule has 0 N–H and O–H groups in total. The van der Waals surface area contributed by atoms with E-state index in [9.17, 15) is 23.3 Å². The summed E-state index contributed by atoms with van der Waals surface area (Å²) in [5, 5.41) is 11.2. The van der Waals surface area contributed by atoms with Gasteiger partial charge in [0.05, 0.1) is 12.0 Å². The van der Waals surface area contributed by atoms with Gasteiger partial charge in [0.1, 0.15) is 5.69 Å². The number of hydrogen-bond acceptors (Lipinski definition) is 6. The number of benzene rings is 1. The lowest BCUT2D eigenvalue weighted by Gasteiger charge is -2.09. The van der Waals surface area contributed by atoms with Crippen LogP contribution in [-0.2, 0) is 14.8 Å². The first kappa shape index (κ1) is 17.9. The van der Waals surface area contributed by atoms with Crippen LogP contribution in [0.5, 0.6) is 0 Å². The fourth-order valence-corrected chi connectivity index (χ4v) is 3.83. The first-order valence-corrected chi connectivity index (χ1v) is 8.58. The molecule has 0 spiro atoms. The molecular weight excluding hydrogens is 404 g/mol. The lowest BCUT2D eigenvalue weighted by Crippen LogP contribution is -2.19. The van der Waals surface area contributed by atoms with Gasteiger partial charge in [0.2, 0.25) is 0 Å². The molecule has 0 saturated carbocycles. The first-order chi connectivity index (χ1) is 11.2. The molecule has 0 aliphatic rings. The minimum absolute atomic E-state index is 0.287. The first-order valence-electron chi connectivity index (χ1n) is 6.35. The Bertz CT molecular complexity index is 948. The average molecular weight is 415 g/mol. The quantitative estimate of drug-likeness (QED) is 0.422. The van der Waals surface area contributed by atoms with E-state index in [0.29, 0.717) is 14.0 Å². The number of nitro groups is 1. The van der Waals surface area contributed by atoms with Crippen molar-refractivity contribution >= 4 is 43.7 Å². The Morgan fingerprint density at radius 3 is 2.62 bits per heavy atom. The second kappa shape index (κ2) is 6.57. The van der Waals surface area contributed by atoms with Gasteiger partial charge in [-0.1, -0.05) is 28.6 Å². The van der Waals surface area contributed by atoms with Gasteiger partial charge < -0.3 is 4.74 Å². The Morgan fingerprint density at radius 2 is 2.08 bits per heavy atom. The SMILES string of the molecule is C=Cc1cc(C(=O)OC)n(S(=O)(=O)c2ccc(Br)cc2[N+](=O)[O-])c1. The van der Waals surface area contributed by atoms with E-state index in [1.165, 1.54) is 18.2 Å². The number of rotatable bonds is 5. The number of carbonyl (C=O) groups is 1. The summed E-state index contributed by atoms with van der Waals surface area (Å²) in [5.74, 6) is -0.897. The highest BCUT2D eigenvalue weighted by Crippen LogP contribution is 2.30. The maximum atomic E-state index is 12.8. The maximum absolute atomic E-state index is 12.8. The summed E-state index contributed by atoms with van der Waals surface area (Å²) in [7, 11) is -3.30. The maximum Gasteiger partial charge on any atom is 0.355 e. The molecule has 8 nitrogen and oxygen atoms in total. The Labute approximate surface area is 145 Å². The predicted octanol–water partition coefficient (Wildman–Crippen LogP) is 2.83. The minimum Gasteiger partial charge on any atom is -0.464 e. The topological polar surface area (TPSA) is 109 Å². The van der Waals surface area contributed by atoms with E-state index < -0.39 is 31.5 Å². The van der Waals surface area contributed by atoms with E-state index in [1.54, 1.807) is 0 Å². The molecule has 10 heteroatoms. The lowest BCUT2D eigenvalue weighted by molar-refractivity contribution is -0.387. The summed E-state index contributed by atoms with van der Waals surface area (Å²) in [6, 6.07) is 4.78. The zero-order valence-electron chi connectivity index (χ0n) is 12.3. The highest BCUT2D eigenvalue weighted by atomic mass is 79.9. The summed E-state index contributed by atoms with van der Waals surface area (Å²) in [6.45, 7) is 3.51. The van der Waals surface area contributed by atoms with Crippen molar-refractivity contribution in [3.8, 4) is 0 Å². The average Bonchev–Trinajstić information content (AvgIpc) is 2.99.